The van der Waals surface area contributed by atoms with Crippen molar-refractivity contribution < 1.29 is 4.79 Å². The van der Waals surface area contributed by atoms with E-state index in [1.807, 2.05) is 0 Å². The number of amides is 1. The minimum atomic E-state index is -0.0924. The van der Waals surface area contributed by atoms with Crippen LogP contribution in [0.25, 0.3) is 0 Å². The maximum atomic E-state index is 11.5. The van der Waals surface area contributed by atoms with Crippen LogP contribution in [0, 0.1) is 11.3 Å². The second-order valence-electron chi connectivity index (χ2n) is 4.55. The lowest BCUT2D eigenvalue weighted by Crippen LogP contribution is -2.30. The Morgan fingerprint density at radius 1 is 1.71 bits per heavy atom. The van der Waals surface area contributed by atoms with E-state index >= 15 is 0 Å². The Hall–Kier alpha value is -1.32. The van der Waals surface area contributed by atoms with Crippen molar-refractivity contribution in [3.05, 3.63) is 18.7 Å². The zero-order chi connectivity index (χ0) is 10.2. The fourth-order valence-electron chi connectivity index (χ4n) is 1.61. The molecule has 1 amide bonds. The average molecular weight is 193 g/mol. The first-order chi connectivity index (χ1) is 6.59. The molecule has 1 atom stereocenters. The van der Waals surface area contributed by atoms with Gasteiger partial charge in [0.1, 0.15) is 6.33 Å². The summed E-state index contributed by atoms with van der Waals surface area (Å²) in [5.74, 6) is 0.634. The van der Waals surface area contributed by atoms with Gasteiger partial charge in [-0.15, -0.1) is 0 Å². The van der Waals surface area contributed by atoms with Gasteiger partial charge in [-0.2, -0.15) is 0 Å². The number of carbonyl (C=O) groups is 1. The Morgan fingerprint density at radius 3 is 2.93 bits per heavy atom. The summed E-state index contributed by atoms with van der Waals surface area (Å²) in [5.41, 5.74) is 0.419. The molecule has 1 unspecified atom stereocenters. The fraction of sp³-hybridized carbons (Fsp3) is 0.600. The molecule has 0 radical (unpaired) electrons. The lowest BCUT2D eigenvalue weighted by atomic mass is 10.1. The van der Waals surface area contributed by atoms with Gasteiger partial charge in [-0.25, -0.2) is 9.78 Å². The van der Waals surface area contributed by atoms with Crippen LogP contribution in [0.15, 0.2) is 18.7 Å². The molecule has 1 aromatic heterocycles. The molecule has 1 aliphatic carbocycles. The van der Waals surface area contributed by atoms with E-state index in [9.17, 15) is 4.79 Å². The lowest BCUT2D eigenvalue weighted by Gasteiger charge is -2.06. The van der Waals surface area contributed by atoms with Crippen LogP contribution in [-0.2, 0) is 0 Å². The molecule has 0 aliphatic heterocycles. The first kappa shape index (κ1) is 9.24. The van der Waals surface area contributed by atoms with Crippen molar-refractivity contribution >= 4 is 6.03 Å². The predicted octanol–water partition coefficient (Wildman–Crippen LogP) is 1.49. The van der Waals surface area contributed by atoms with E-state index in [0.29, 0.717) is 11.3 Å². The maximum Gasteiger partial charge on any atom is 0.326 e. The number of hydrogen-bond acceptors (Lipinski definition) is 2. The molecular formula is C10H15N3O. The van der Waals surface area contributed by atoms with Crippen molar-refractivity contribution in [3.8, 4) is 0 Å². The van der Waals surface area contributed by atoms with Crippen molar-refractivity contribution in [1.82, 2.24) is 14.9 Å². The van der Waals surface area contributed by atoms with E-state index in [1.54, 1.807) is 12.4 Å². The second-order valence-corrected chi connectivity index (χ2v) is 4.55. The van der Waals surface area contributed by atoms with E-state index in [1.165, 1.54) is 17.3 Å². The fourth-order valence-corrected chi connectivity index (χ4v) is 1.61. The highest BCUT2D eigenvalue weighted by atomic mass is 16.2. The largest absolute Gasteiger partial charge is 0.337 e. The Morgan fingerprint density at radius 2 is 2.43 bits per heavy atom. The van der Waals surface area contributed by atoms with Gasteiger partial charge in [0.25, 0.3) is 0 Å². The molecule has 76 valence electrons. The highest BCUT2D eigenvalue weighted by Gasteiger charge is 2.45. The van der Waals surface area contributed by atoms with Crippen LogP contribution in [0.1, 0.15) is 20.3 Å². The SMILES string of the molecule is CC1(C)CC1CNC(=O)n1ccnc1. The number of rotatable bonds is 2. The molecule has 4 nitrogen and oxygen atoms in total. The first-order valence-electron chi connectivity index (χ1n) is 4.86. The smallest absolute Gasteiger partial charge is 0.326 e. The van der Waals surface area contributed by atoms with Gasteiger partial charge in [0.15, 0.2) is 0 Å². The van der Waals surface area contributed by atoms with Crippen molar-refractivity contribution in [3.63, 3.8) is 0 Å². The first-order valence-corrected chi connectivity index (χ1v) is 4.86. The lowest BCUT2D eigenvalue weighted by molar-refractivity contribution is 0.241. The minimum Gasteiger partial charge on any atom is -0.337 e. The van der Waals surface area contributed by atoms with E-state index < -0.39 is 0 Å². The van der Waals surface area contributed by atoms with Crippen LogP contribution in [0.2, 0.25) is 0 Å². The third kappa shape index (κ3) is 1.78. The minimum absolute atomic E-state index is 0.0924. The summed E-state index contributed by atoms with van der Waals surface area (Å²) in [5, 5.41) is 2.89. The highest BCUT2D eigenvalue weighted by Crippen LogP contribution is 2.50. The molecule has 1 heterocycles. The average Bonchev–Trinajstić information content (AvgIpc) is 2.58. The molecule has 1 aromatic rings. The van der Waals surface area contributed by atoms with Crippen molar-refractivity contribution in [2.75, 3.05) is 6.54 Å². The van der Waals surface area contributed by atoms with Gasteiger partial charge >= 0.3 is 6.03 Å². The number of carbonyl (C=O) groups excluding carboxylic acids is 1. The van der Waals surface area contributed by atoms with Gasteiger partial charge in [0, 0.05) is 18.9 Å². The number of imidazole rings is 1. The standard InChI is InChI=1S/C10H15N3O/c1-10(2)5-8(10)6-12-9(14)13-4-3-11-7-13/h3-4,7-8H,5-6H2,1-2H3,(H,12,14). The number of aromatic nitrogens is 2. The number of hydrogen-bond donors (Lipinski definition) is 1. The number of nitrogens with one attached hydrogen (secondary N) is 1. The summed E-state index contributed by atoms with van der Waals surface area (Å²) in [7, 11) is 0. The Bertz CT molecular complexity index is 329. The van der Waals surface area contributed by atoms with Gasteiger partial charge in [0.2, 0.25) is 0 Å². The normalized spacial score (nSPS) is 23.1. The zero-order valence-corrected chi connectivity index (χ0v) is 8.53. The van der Waals surface area contributed by atoms with Crippen molar-refractivity contribution in [2.24, 2.45) is 11.3 Å². The summed E-state index contributed by atoms with van der Waals surface area (Å²) < 4.78 is 1.45. The molecule has 0 aromatic carbocycles. The highest BCUT2D eigenvalue weighted by molar-refractivity contribution is 5.76. The molecular weight excluding hydrogens is 178 g/mol. The van der Waals surface area contributed by atoms with Crippen LogP contribution in [0.4, 0.5) is 4.79 Å². The quantitative estimate of drug-likeness (QED) is 0.773. The summed E-state index contributed by atoms with van der Waals surface area (Å²) >= 11 is 0. The molecule has 4 heteroatoms. The number of nitrogens with zero attached hydrogens (tertiary/aromatic N) is 2. The topological polar surface area (TPSA) is 46.9 Å². The van der Waals surface area contributed by atoms with E-state index in [0.717, 1.165) is 6.54 Å². The van der Waals surface area contributed by atoms with Crippen LogP contribution in [0.5, 0.6) is 0 Å². The Labute approximate surface area is 83.3 Å². The molecule has 2 rings (SSSR count). The zero-order valence-electron chi connectivity index (χ0n) is 8.53. The molecule has 0 spiro atoms. The van der Waals surface area contributed by atoms with Gasteiger partial charge < -0.3 is 5.32 Å². The molecule has 1 saturated carbocycles. The summed E-state index contributed by atoms with van der Waals surface area (Å²) in [6.07, 6.45) is 5.96. The van der Waals surface area contributed by atoms with Gasteiger partial charge in [-0.1, -0.05) is 13.8 Å². The van der Waals surface area contributed by atoms with Gasteiger partial charge in [-0.05, 0) is 17.8 Å². The van der Waals surface area contributed by atoms with Gasteiger partial charge in [0.05, 0.1) is 0 Å². The van der Waals surface area contributed by atoms with Crippen LogP contribution < -0.4 is 5.32 Å². The predicted molar refractivity (Wildman–Crippen MR) is 52.9 cm³/mol. The third-order valence-electron chi connectivity index (χ3n) is 2.96. The summed E-state index contributed by atoms with van der Waals surface area (Å²) in [6.45, 7) is 5.21. The van der Waals surface area contributed by atoms with Crippen LogP contribution in [0.3, 0.4) is 0 Å². The monoisotopic (exact) mass is 193 g/mol. The van der Waals surface area contributed by atoms with Crippen molar-refractivity contribution in [1.29, 1.82) is 0 Å². The second kappa shape index (κ2) is 3.12. The molecule has 0 bridgehead atoms. The molecule has 1 aliphatic rings. The third-order valence-corrected chi connectivity index (χ3v) is 2.96. The Balaban J connectivity index is 1.80. The summed E-state index contributed by atoms with van der Waals surface area (Å²) in [6, 6.07) is -0.0924. The van der Waals surface area contributed by atoms with Gasteiger partial charge in [-0.3, -0.25) is 4.57 Å². The maximum absolute atomic E-state index is 11.5. The van der Waals surface area contributed by atoms with Crippen molar-refractivity contribution in [2.45, 2.75) is 20.3 Å². The molecule has 0 saturated heterocycles. The molecule has 1 fully saturated rings. The Kier molecular flexibility index (Phi) is 2.06. The van der Waals surface area contributed by atoms with Crippen LogP contribution in [-0.4, -0.2) is 22.1 Å². The van der Waals surface area contributed by atoms with E-state index in [-0.39, 0.29) is 6.03 Å². The molecule has 1 N–H and O–H groups in total. The van der Waals surface area contributed by atoms with Crippen LogP contribution >= 0.6 is 0 Å². The summed E-state index contributed by atoms with van der Waals surface area (Å²) in [4.78, 5) is 15.3. The van der Waals surface area contributed by atoms with E-state index in [2.05, 4.69) is 24.1 Å². The van der Waals surface area contributed by atoms with E-state index in [4.69, 9.17) is 0 Å². The molecule has 14 heavy (non-hydrogen) atoms.